The SMILES string of the molecule is CCCCC(=O)Nc1ccc(NC(=O)c2cnc(N(C)C)nc2C)cc1C. The summed E-state index contributed by atoms with van der Waals surface area (Å²) in [5.74, 6) is 0.297. The number of aromatic nitrogens is 2. The van der Waals surface area contributed by atoms with Crippen molar-refractivity contribution in [2.24, 2.45) is 0 Å². The van der Waals surface area contributed by atoms with Gasteiger partial charge in [0, 0.05) is 38.1 Å². The Labute approximate surface area is 160 Å². The molecule has 0 spiro atoms. The number of carbonyl (C=O) groups excluding carboxylic acids is 2. The second kappa shape index (κ2) is 9.12. The summed E-state index contributed by atoms with van der Waals surface area (Å²) in [6.07, 6.45) is 3.89. The van der Waals surface area contributed by atoms with Crippen LogP contribution in [0.15, 0.2) is 24.4 Å². The van der Waals surface area contributed by atoms with Crippen molar-refractivity contribution in [2.45, 2.75) is 40.0 Å². The Morgan fingerprint density at radius 1 is 1.15 bits per heavy atom. The minimum absolute atomic E-state index is 0.00508. The first-order valence-electron chi connectivity index (χ1n) is 9.04. The summed E-state index contributed by atoms with van der Waals surface area (Å²) in [5, 5.41) is 5.76. The van der Waals surface area contributed by atoms with Crippen LogP contribution in [0.4, 0.5) is 17.3 Å². The van der Waals surface area contributed by atoms with Gasteiger partial charge in [0.25, 0.3) is 5.91 Å². The average Bonchev–Trinajstić information content (AvgIpc) is 2.62. The fourth-order valence-electron chi connectivity index (χ4n) is 2.52. The standard InChI is InChI=1S/C20H27N5O2/c1-6-7-8-18(26)24-17-10-9-15(11-13(17)2)23-19(27)16-12-21-20(25(4)5)22-14(16)3/h9-12H,6-8H2,1-5H3,(H,23,27)(H,24,26). The summed E-state index contributed by atoms with van der Waals surface area (Å²) in [7, 11) is 3.69. The molecule has 1 aromatic heterocycles. The van der Waals surface area contributed by atoms with Crippen LogP contribution in [-0.4, -0.2) is 35.9 Å². The van der Waals surface area contributed by atoms with Gasteiger partial charge < -0.3 is 15.5 Å². The molecule has 0 aliphatic carbocycles. The Bertz CT molecular complexity index is 833. The van der Waals surface area contributed by atoms with Crippen LogP contribution in [-0.2, 0) is 4.79 Å². The maximum absolute atomic E-state index is 12.5. The molecule has 0 radical (unpaired) electrons. The van der Waals surface area contributed by atoms with E-state index in [2.05, 4.69) is 27.5 Å². The lowest BCUT2D eigenvalue weighted by Crippen LogP contribution is -2.18. The van der Waals surface area contributed by atoms with Gasteiger partial charge in [0.2, 0.25) is 11.9 Å². The van der Waals surface area contributed by atoms with Crippen LogP contribution in [0.5, 0.6) is 0 Å². The van der Waals surface area contributed by atoms with E-state index in [1.807, 2.05) is 27.1 Å². The highest BCUT2D eigenvalue weighted by Gasteiger charge is 2.13. The van der Waals surface area contributed by atoms with E-state index in [4.69, 9.17) is 0 Å². The molecule has 144 valence electrons. The largest absolute Gasteiger partial charge is 0.347 e. The Kier molecular flexibility index (Phi) is 6.87. The van der Waals surface area contributed by atoms with E-state index in [0.717, 1.165) is 24.1 Å². The molecule has 0 bridgehead atoms. The first kappa shape index (κ1) is 20.4. The third kappa shape index (κ3) is 5.51. The molecule has 7 heteroatoms. The molecule has 1 aromatic carbocycles. The van der Waals surface area contributed by atoms with E-state index < -0.39 is 0 Å². The van der Waals surface area contributed by atoms with E-state index in [-0.39, 0.29) is 11.8 Å². The van der Waals surface area contributed by atoms with Crippen molar-refractivity contribution in [3.8, 4) is 0 Å². The Balaban J connectivity index is 2.08. The van der Waals surface area contributed by atoms with Crippen LogP contribution in [0.1, 0.15) is 47.8 Å². The number of carbonyl (C=O) groups is 2. The Morgan fingerprint density at radius 3 is 2.48 bits per heavy atom. The van der Waals surface area contributed by atoms with Crippen LogP contribution in [0, 0.1) is 13.8 Å². The fraction of sp³-hybridized carbons (Fsp3) is 0.400. The average molecular weight is 369 g/mol. The van der Waals surface area contributed by atoms with Crippen molar-refractivity contribution in [1.29, 1.82) is 0 Å². The monoisotopic (exact) mass is 369 g/mol. The molecule has 0 atom stereocenters. The fourth-order valence-corrected chi connectivity index (χ4v) is 2.52. The van der Waals surface area contributed by atoms with E-state index in [1.54, 1.807) is 24.0 Å². The van der Waals surface area contributed by atoms with Gasteiger partial charge in [-0.1, -0.05) is 13.3 Å². The smallest absolute Gasteiger partial charge is 0.259 e. The third-order valence-electron chi connectivity index (χ3n) is 4.13. The number of hydrogen-bond donors (Lipinski definition) is 2. The molecule has 0 unspecified atom stereocenters. The van der Waals surface area contributed by atoms with Crippen molar-refractivity contribution in [3.05, 3.63) is 41.2 Å². The molecule has 2 rings (SSSR count). The van der Waals surface area contributed by atoms with Gasteiger partial charge in [0.1, 0.15) is 0 Å². The molecule has 27 heavy (non-hydrogen) atoms. The van der Waals surface area contributed by atoms with Gasteiger partial charge in [-0.3, -0.25) is 9.59 Å². The van der Waals surface area contributed by atoms with Crippen LogP contribution < -0.4 is 15.5 Å². The molecule has 0 aliphatic heterocycles. The highest BCUT2D eigenvalue weighted by molar-refractivity contribution is 6.05. The van der Waals surface area contributed by atoms with Gasteiger partial charge in [0.15, 0.2) is 0 Å². The van der Waals surface area contributed by atoms with Crippen LogP contribution in [0.2, 0.25) is 0 Å². The quantitative estimate of drug-likeness (QED) is 0.779. The zero-order chi connectivity index (χ0) is 20.0. The Morgan fingerprint density at radius 2 is 1.89 bits per heavy atom. The summed E-state index contributed by atoms with van der Waals surface area (Å²) in [5.41, 5.74) is 3.33. The number of unbranched alkanes of at least 4 members (excludes halogenated alkanes) is 1. The molecule has 0 fully saturated rings. The summed E-state index contributed by atoms with van der Waals surface area (Å²) < 4.78 is 0. The number of aryl methyl sites for hydroxylation is 2. The van der Waals surface area contributed by atoms with Crippen molar-refractivity contribution < 1.29 is 9.59 Å². The van der Waals surface area contributed by atoms with E-state index in [1.165, 1.54) is 6.20 Å². The van der Waals surface area contributed by atoms with Crippen LogP contribution in [0.3, 0.4) is 0 Å². The van der Waals surface area contributed by atoms with E-state index in [0.29, 0.717) is 29.3 Å². The summed E-state index contributed by atoms with van der Waals surface area (Å²) in [6.45, 7) is 5.73. The molecule has 2 aromatic rings. The van der Waals surface area contributed by atoms with E-state index in [9.17, 15) is 9.59 Å². The predicted molar refractivity (Wildman–Crippen MR) is 108 cm³/mol. The maximum Gasteiger partial charge on any atom is 0.259 e. The predicted octanol–water partition coefficient (Wildman–Crippen LogP) is 3.54. The molecule has 7 nitrogen and oxygen atoms in total. The summed E-state index contributed by atoms with van der Waals surface area (Å²) in [4.78, 5) is 34.7. The minimum Gasteiger partial charge on any atom is -0.347 e. The second-order valence-electron chi connectivity index (χ2n) is 6.70. The molecule has 1 heterocycles. The molecule has 2 amide bonds. The topological polar surface area (TPSA) is 87.2 Å². The van der Waals surface area contributed by atoms with Gasteiger partial charge in [-0.2, -0.15) is 0 Å². The van der Waals surface area contributed by atoms with Gasteiger partial charge >= 0.3 is 0 Å². The van der Waals surface area contributed by atoms with Crippen molar-refractivity contribution in [2.75, 3.05) is 29.6 Å². The third-order valence-corrected chi connectivity index (χ3v) is 4.13. The molecule has 2 N–H and O–H groups in total. The number of nitrogens with zero attached hydrogens (tertiary/aromatic N) is 3. The number of anilines is 3. The summed E-state index contributed by atoms with van der Waals surface area (Å²) >= 11 is 0. The zero-order valence-electron chi connectivity index (χ0n) is 16.6. The first-order chi connectivity index (χ1) is 12.8. The highest BCUT2D eigenvalue weighted by Crippen LogP contribution is 2.21. The normalized spacial score (nSPS) is 10.4. The lowest BCUT2D eigenvalue weighted by atomic mass is 10.1. The number of amides is 2. The van der Waals surface area contributed by atoms with Gasteiger partial charge in [-0.15, -0.1) is 0 Å². The van der Waals surface area contributed by atoms with E-state index >= 15 is 0 Å². The van der Waals surface area contributed by atoms with Crippen LogP contribution in [0.25, 0.3) is 0 Å². The van der Waals surface area contributed by atoms with Crippen molar-refractivity contribution in [3.63, 3.8) is 0 Å². The molecule has 0 aliphatic rings. The lowest BCUT2D eigenvalue weighted by molar-refractivity contribution is -0.116. The van der Waals surface area contributed by atoms with Crippen molar-refractivity contribution in [1.82, 2.24) is 9.97 Å². The highest BCUT2D eigenvalue weighted by atomic mass is 16.2. The molecular formula is C20H27N5O2. The minimum atomic E-state index is -0.267. The van der Waals surface area contributed by atoms with Crippen LogP contribution >= 0.6 is 0 Å². The molecular weight excluding hydrogens is 342 g/mol. The molecule has 0 saturated carbocycles. The van der Waals surface area contributed by atoms with Gasteiger partial charge in [-0.25, -0.2) is 9.97 Å². The number of benzene rings is 1. The first-order valence-corrected chi connectivity index (χ1v) is 9.04. The van der Waals surface area contributed by atoms with Gasteiger partial charge in [0.05, 0.1) is 11.3 Å². The van der Waals surface area contributed by atoms with Gasteiger partial charge in [-0.05, 0) is 44.0 Å². The number of rotatable bonds is 7. The lowest BCUT2D eigenvalue weighted by Gasteiger charge is -2.13. The zero-order valence-corrected chi connectivity index (χ0v) is 16.6. The molecule has 0 saturated heterocycles. The summed E-state index contributed by atoms with van der Waals surface area (Å²) in [6, 6.07) is 5.40. The second-order valence-corrected chi connectivity index (χ2v) is 6.70. The van der Waals surface area contributed by atoms with Crippen molar-refractivity contribution >= 4 is 29.1 Å². The maximum atomic E-state index is 12.5. The number of nitrogens with one attached hydrogen (secondary N) is 2. The number of hydrogen-bond acceptors (Lipinski definition) is 5. The Hall–Kier alpha value is -2.96.